The van der Waals surface area contributed by atoms with E-state index in [1.54, 1.807) is 0 Å². The van der Waals surface area contributed by atoms with Gasteiger partial charge in [0.2, 0.25) is 0 Å². The largest absolute Gasteiger partial charge is 0.385 e. The van der Waals surface area contributed by atoms with Crippen molar-refractivity contribution in [1.29, 1.82) is 0 Å². The summed E-state index contributed by atoms with van der Waals surface area (Å²) in [5, 5.41) is 13.9. The highest BCUT2D eigenvalue weighted by atomic mass is 32.2. The second-order valence-corrected chi connectivity index (χ2v) is 8.28. The first-order chi connectivity index (χ1) is 12.7. The van der Waals surface area contributed by atoms with Gasteiger partial charge in [-0.3, -0.25) is 0 Å². The van der Waals surface area contributed by atoms with Gasteiger partial charge < -0.3 is 10.0 Å². The van der Waals surface area contributed by atoms with E-state index in [2.05, 4.69) is 78.7 Å². The Bertz CT molecular complexity index is 894. The molecule has 2 nitrogen and oxygen atoms in total. The number of thioether (sulfide) groups is 1. The fourth-order valence-corrected chi connectivity index (χ4v) is 4.91. The molecule has 134 valence electrons. The van der Waals surface area contributed by atoms with Crippen molar-refractivity contribution in [1.82, 2.24) is 4.90 Å². The number of nitrogens with zero attached hydrogens (tertiary/aromatic N) is 1. The van der Waals surface area contributed by atoms with Gasteiger partial charge >= 0.3 is 0 Å². The summed E-state index contributed by atoms with van der Waals surface area (Å²) in [5.41, 5.74) is 1.67. The minimum atomic E-state index is -0.692. The number of fused-ring (bicyclic) bond motifs is 1. The number of hydrogen-bond acceptors (Lipinski definition) is 3. The first kappa shape index (κ1) is 17.6. The molecule has 0 atom stereocenters. The van der Waals surface area contributed by atoms with Crippen molar-refractivity contribution in [3.8, 4) is 0 Å². The lowest BCUT2D eigenvalue weighted by Crippen LogP contribution is -2.41. The fraction of sp³-hybridized carbons (Fsp3) is 0.304. The van der Waals surface area contributed by atoms with E-state index in [0.717, 1.165) is 37.2 Å². The van der Waals surface area contributed by atoms with Crippen LogP contribution in [0.25, 0.3) is 10.8 Å². The van der Waals surface area contributed by atoms with E-state index in [-0.39, 0.29) is 0 Å². The topological polar surface area (TPSA) is 23.5 Å². The molecule has 0 unspecified atom stereocenters. The van der Waals surface area contributed by atoms with Crippen LogP contribution in [-0.2, 0) is 11.4 Å². The molecule has 3 aromatic rings. The van der Waals surface area contributed by atoms with Crippen molar-refractivity contribution in [2.75, 3.05) is 20.1 Å². The molecule has 0 radical (unpaired) electrons. The molecule has 0 aliphatic carbocycles. The summed E-state index contributed by atoms with van der Waals surface area (Å²) in [5.74, 6) is 0.877. The van der Waals surface area contributed by atoms with Crippen molar-refractivity contribution < 1.29 is 5.11 Å². The van der Waals surface area contributed by atoms with Crippen LogP contribution in [0.3, 0.4) is 0 Å². The minimum Gasteiger partial charge on any atom is -0.385 e. The lowest BCUT2D eigenvalue weighted by Gasteiger charge is -2.38. The lowest BCUT2D eigenvalue weighted by atomic mass is 9.82. The number of rotatable bonds is 4. The zero-order valence-electron chi connectivity index (χ0n) is 15.2. The molecule has 0 saturated carbocycles. The summed E-state index contributed by atoms with van der Waals surface area (Å²) in [6.45, 7) is 1.89. The normalized spacial score (nSPS) is 17.5. The molecule has 26 heavy (non-hydrogen) atoms. The third-order valence-corrected chi connectivity index (χ3v) is 6.59. The lowest BCUT2D eigenvalue weighted by molar-refractivity contribution is -0.0208. The number of benzene rings is 3. The molecule has 0 spiro atoms. The summed E-state index contributed by atoms with van der Waals surface area (Å²) in [4.78, 5) is 3.59. The minimum absolute atomic E-state index is 0.692. The number of hydrogen-bond donors (Lipinski definition) is 1. The summed E-state index contributed by atoms with van der Waals surface area (Å²) in [7, 11) is 2.13. The zero-order chi connectivity index (χ0) is 18.0. The van der Waals surface area contributed by atoms with Gasteiger partial charge in [-0.15, -0.1) is 11.8 Å². The summed E-state index contributed by atoms with van der Waals surface area (Å²) in [6.07, 6.45) is 1.61. The highest BCUT2D eigenvalue weighted by Gasteiger charge is 2.34. The molecule has 1 fully saturated rings. The van der Waals surface area contributed by atoms with Crippen molar-refractivity contribution in [2.24, 2.45) is 0 Å². The van der Waals surface area contributed by atoms with Gasteiger partial charge in [0, 0.05) is 23.7 Å². The Balaban J connectivity index is 1.59. The molecule has 0 aromatic heterocycles. The number of piperidine rings is 1. The Kier molecular flexibility index (Phi) is 5.03. The van der Waals surface area contributed by atoms with E-state index in [1.165, 1.54) is 21.2 Å². The van der Waals surface area contributed by atoms with Crippen LogP contribution in [0, 0.1) is 0 Å². The average molecular weight is 364 g/mol. The first-order valence-electron chi connectivity index (χ1n) is 9.26. The molecule has 1 aliphatic heterocycles. The Morgan fingerprint density at radius 3 is 2.46 bits per heavy atom. The Morgan fingerprint density at radius 2 is 1.62 bits per heavy atom. The molecular formula is C23H25NOS. The first-order valence-corrected chi connectivity index (χ1v) is 10.2. The highest BCUT2D eigenvalue weighted by Crippen LogP contribution is 2.37. The van der Waals surface area contributed by atoms with Crippen LogP contribution >= 0.6 is 11.8 Å². The van der Waals surface area contributed by atoms with Gasteiger partial charge in [0.25, 0.3) is 0 Å². The van der Waals surface area contributed by atoms with Crippen molar-refractivity contribution >= 4 is 22.5 Å². The van der Waals surface area contributed by atoms with E-state index in [9.17, 15) is 5.11 Å². The summed E-state index contributed by atoms with van der Waals surface area (Å²) >= 11 is 1.86. The van der Waals surface area contributed by atoms with E-state index in [1.807, 2.05) is 11.8 Å². The number of aliphatic hydroxyl groups is 1. The molecule has 1 saturated heterocycles. The average Bonchev–Trinajstić information content (AvgIpc) is 2.69. The number of likely N-dealkylation sites (tertiary alicyclic amines) is 1. The van der Waals surface area contributed by atoms with Crippen LogP contribution in [0.1, 0.15) is 24.0 Å². The smallest absolute Gasteiger partial charge is 0.0923 e. The standard InChI is InChI=1S/C23H25NOS/c1-24-15-13-23(25,14-16-24)21-11-5-3-8-19(21)17-26-22-12-6-9-18-7-2-4-10-20(18)22/h2-12,25H,13-17H2,1H3. The van der Waals surface area contributed by atoms with Crippen LogP contribution in [0.4, 0.5) is 0 Å². The van der Waals surface area contributed by atoms with Crippen molar-refractivity contribution in [3.63, 3.8) is 0 Å². The van der Waals surface area contributed by atoms with E-state index in [0.29, 0.717) is 0 Å². The molecule has 1 N–H and O–H groups in total. The predicted octanol–water partition coefficient (Wildman–Crippen LogP) is 5.05. The van der Waals surface area contributed by atoms with Crippen LogP contribution < -0.4 is 0 Å². The highest BCUT2D eigenvalue weighted by molar-refractivity contribution is 7.98. The maximum Gasteiger partial charge on any atom is 0.0923 e. The van der Waals surface area contributed by atoms with E-state index in [4.69, 9.17) is 0 Å². The summed E-state index contributed by atoms with van der Waals surface area (Å²) in [6, 6.07) is 23.4. The van der Waals surface area contributed by atoms with Gasteiger partial charge in [0.15, 0.2) is 0 Å². The van der Waals surface area contributed by atoms with Gasteiger partial charge in [0.1, 0.15) is 0 Å². The third kappa shape index (κ3) is 3.52. The zero-order valence-corrected chi connectivity index (χ0v) is 16.0. The maximum atomic E-state index is 11.3. The second kappa shape index (κ2) is 7.43. The molecule has 1 aliphatic rings. The molecule has 0 amide bonds. The molecule has 3 aromatic carbocycles. The van der Waals surface area contributed by atoms with Crippen molar-refractivity contribution in [3.05, 3.63) is 77.9 Å². The molecule has 1 heterocycles. The van der Waals surface area contributed by atoms with Gasteiger partial charge in [0.05, 0.1) is 5.60 Å². The fourth-order valence-electron chi connectivity index (χ4n) is 3.83. The molecule has 4 rings (SSSR count). The quantitative estimate of drug-likeness (QED) is 0.657. The second-order valence-electron chi connectivity index (χ2n) is 7.26. The summed E-state index contributed by atoms with van der Waals surface area (Å²) < 4.78 is 0. The van der Waals surface area contributed by atoms with Gasteiger partial charge in [-0.2, -0.15) is 0 Å². The third-order valence-electron chi connectivity index (χ3n) is 5.47. The Morgan fingerprint density at radius 1 is 0.923 bits per heavy atom. The Hall–Kier alpha value is -1.81. The van der Waals surface area contributed by atoms with Gasteiger partial charge in [-0.05, 0) is 47.9 Å². The molecule has 0 bridgehead atoms. The van der Waals surface area contributed by atoms with Crippen LogP contribution in [-0.4, -0.2) is 30.1 Å². The monoisotopic (exact) mass is 363 g/mol. The van der Waals surface area contributed by atoms with Crippen LogP contribution in [0.2, 0.25) is 0 Å². The van der Waals surface area contributed by atoms with Gasteiger partial charge in [-0.1, -0.05) is 60.7 Å². The van der Waals surface area contributed by atoms with Crippen molar-refractivity contribution in [2.45, 2.75) is 29.1 Å². The SMILES string of the molecule is CN1CCC(O)(c2ccccc2CSc2cccc3ccccc23)CC1. The van der Waals surface area contributed by atoms with E-state index < -0.39 is 5.60 Å². The molecular weight excluding hydrogens is 338 g/mol. The van der Waals surface area contributed by atoms with E-state index >= 15 is 0 Å². The van der Waals surface area contributed by atoms with Gasteiger partial charge in [-0.25, -0.2) is 0 Å². The van der Waals surface area contributed by atoms with Crippen LogP contribution in [0.15, 0.2) is 71.6 Å². The predicted molar refractivity (Wildman–Crippen MR) is 111 cm³/mol. The Labute approximate surface area is 159 Å². The maximum absolute atomic E-state index is 11.3. The van der Waals surface area contributed by atoms with Crippen LogP contribution in [0.5, 0.6) is 0 Å². The molecule has 3 heteroatoms.